The maximum absolute atomic E-state index is 3.92. The Morgan fingerprint density at radius 3 is 3.00 bits per heavy atom. The minimum Gasteiger partial charge on any atom is -0.264 e. The largest absolute Gasteiger partial charge is 0.264 e. The summed E-state index contributed by atoms with van der Waals surface area (Å²) >= 11 is 1.77. The lowest BCUT2D eigenvalue weighted by molar-refractivity contribution is 0.995. The summed E-state index contributed by atoms with van der Waals surface area (Å²) in [5.41, 5.74) is 1.05. The molecular weight excluding hydrogens is 142 g/mol. The summed E-state index contributed by atoms with van der Waals surface area (Å²) in [6.07, 6.45) is 8.55. The fourth-order valence-electron chi connectivity index (χ4n) is 0.978. The van der Waals surface area contributed by atoms with Crippen molar-refractivity contribution in [2.24, 2.45) is 4.99 Å². The van der Waals surface area contributed by atoms with Crippen molar-refractivity contribution in [3.8, 4) is 0 Å². The molecule has 0 fully saturated rings. The zero-order valence-electron chi connectivity index (χ0n) is 6.13. The standard InChI is InChI=1S/C8H11NS/c1-9-7-5-3-4-6-8(7)10-2/h3,5H,1,4,6H2,2H3. The fourth-order valence-corrected chi connectivity index (χ4v) is 1.64. The van der Waals surface area contributed by atoms with Crippen LogP contribution in [0.25, 0.3) is 0 Å². The second-order valence-corrected chi connectivity index (χ2v) is 3.01. The number of rotatable bonds is 2. The van der Waals surface area contributed by atoms with Crippen molar-refractivity contribution < 1.29 is 0 Å². The third-order valence-electron chi connectivity index (χ3n) is 1.52. The fraction of sp³-hybridized carbons (Fsp3) is 0.375. The summed E-state index contributed by atoms with van der Waals surface area (Å²) in [7, 11) is 0. The number of aliphatic imine (C=N–C) groups is 1. The van der Waals surface area contributed by atoms with E-state index < -0.39 is 0 Å². The molecule has 0 N–H and O–H groups in total. The predicted molar refractivity (Wildman–Crippen MR) is 48.5 cm³/mol. The molecule has 1 nitrogen and oxygen atoms in total. The van der Waals surface area contributed by atoms with Crippen LogP contribution in [0.15, 0.2) is 27.7 Å². The maximum atomic E-state index is 3.92. The van der Waals surface area contributed by atoms with Gasteiger partial charge in [-0.2, -0.15) is 0 Å². The van der Waals surface area contributed by atoms with Crippen LogP contribution in [0.2, 0.25) is 0 Å². The van der Waals surface area contributed by atoms with Crippen molar-refractivity contribution in [1.29, 1.82) is 0 Å². The maximum Gasteiger partial charge on any atom is 0.0714 e. The normalized spacial score (nSPS) is 17.7. The Bertz CT molecular complexity index is 191. The lowest BCUT2D eigenvalue weighted by atomic mass is 10.1. The van der Waals surface area contributed by atoms with E-state index in [-0.39, 0.29) is 0 Å². The third-order valence-corrected chi connectivity index (χ3v) is 2.42. The molecule has 2 heteroatoms. The van der Waals surface area contributed by atoms with Crippen molar-refractivity contribution in [3.05, 3.63) is 22.8 Å². The van der Waals surface area contributed by atoms with Crippen LogP contribution >= 0.6 is 11.8 Å². The highest BCUT2D eigenvalue weighted by atomic mass is 32.2. The minimum atomic E-state index is 1.05. The van der Waals surface area contributed by atoms with E-state index in [1.54, 1.807) is 11.8 Å². The number of nitrogens with zero attached hydrogens (tertiary/aromatic N) is 1. The topological polar surface area (TPSA) is 12.4 Å². The lowest BCUT2D eigenvalue weighted by Crippen LogP contribution is -1.87. The highest BCUT2D eigenvalue weighted by Crippen LogP contribution is 2.27. The van der Waals surface area contributed by atoms with Gasteiger partial charge in [-0.1, -0.05) is 6.08 Å². The summed E-state index contributed by atoms with van der Waals surface area (Å²) in [6, 6.07) is 0. The smallest absolute Gasteiger partial charge is 0.0714 e. The molecule has 10 heavy (non-hydrogen) atoms. The molecule has 0 aliphatic heterocycles. The molecule has 1 aliphatic carbocycles. The predicted octanol–water partition coefficient (Wildman–Crippen LogP) is 2.61. The number of hydrogen-bond donors (Lipinski definition) is 0. The van der Waals surface area contributed by atoms with E-state index in [1.165, 1.54) is 4.91 Å². The quantitative estimate of drug-likeness (QED) is 0.555. The van der Waals surface area contributed by atoms with Crippen LogP contribution in [0, 0.1) is 0 Å². The zero-order chi connectivity index (χ0) is 7.40. The molecule has 0 bridgehead atoms. The van der Waals surface area contributed by atoms with Gasteiger partial charge in [0.15, 0.2) is 0 Å². The van der Waals surface area contributed by atoms with Crippen molar-refractivity contribution in [2.45, 2.75) is 12.8 Å². The zero-order valence-corrected chi connectivity index (χ0v) is 6.95. The highest BCUT2D eigenvalue weighted by molar-refractivity contribution is 8.02. The summed E-state index contributed by atoms with van der Waals surface area (Å²) in [5, 5.41) is 0. The summed E-state index contributed by atoms with van der Waals surface area (Å²) in [5.74, 6) is 0. The van der Waals surface area contributed by atoms with Gasteiger partial charge < -0.3 is 0 Å². The molecule has 1 aliphatic rings. The average molecular weight is 153 g/mol. The van der Waals surface area contributed by atoms with Crippen LogP contribution in [-0.4, -0.2) is 13.0 Å². The van der Waals surface area contributed by atoms with Crippen molar-refractivity contribution in [3.63, 3.8) is 0 Å². The molecule has 0 atom stereocenters. The molecule has 0 saturated carbocycles. The molecule has 0 aromatic rings. The summed E-state index contributed by atoms with van der Waals surface area (Å²) in [4.78, 5) is 5.28. The second kappa shape index (κ2) is 3.62. The summed E-state index contributed by atoms with van der Waals surface area (Å²) < 4.78 is 0. The van der Waals surface area contributed by atoms with E-state index in [4.69, 9.17) is 0 Å². The molecule has 0 spiro atoms. The second-order valence-electron chi connectivity index (χ2n) is 2.11. The van der Waals surface area contributed by atoms with Gasteiger partial charge in [-0.15, -0.1) is 11.8 Å². The van der Waals surface area contributed by atoms with Gasteiger partial charge in [-0.25, -0.2) is 0 Å². The van der Waals surface area contributed by atoms with Crippen molar-refractivity contribution >= 4 is 18.5 Å². The van der Waals surface area contributed by atoms with E-state index in [9.17, 15) is 0 Å². The van der Waals surface area contributed by atoms with Crippen molar-refractivity contribution in [1.82, 2.24) is 0 Å². The highest BCUT2D eigenvalue weighted by Gasteiger charge is 2.04. The van der Waals surface area contributed by atoms with Crippen LogP contribution in [0.4, 0.5) is 0 Å². The molecule has 0 unspecified atom stereocenters. The Hall–Kier alpha value is -0.500. The Morgan fingerprint density at radius 2 is 2.50 bits per heavy atom. The van der Waals surface area contributed by atoms with Crippen LogP contribution < -0.4 is 0 Å². The molecule has 0 saturated heterocycles. The summed E-state index contributed by atoms with van der Waals surface area (Å²) in [6.45, 7) is 3.51. The van der Waals surface area contributed by atoms with Gasteiger partial charge in [0, 0.05) is 4.91 Å². The van der Waals surface area contributed by atoms with Gasteiger partial charge in [0.2, 0.25) is 0 Å². The van der Waals surface area contributed by atoms with Gasteiger partial charge in [-0.05, 0) is 31.9 Å². The van der Waals surface area contributed by atoms with E-state index in [0.717, 1.165) is 18.5 Å². The average Bonchev–Trinajstić information content (AvgIpc) is 2.04. The van der Waals surface area contributed by atoms with Gasteiger partial charge in [0.05, 0.1) is 5.70 Å². The van der Waals surface area contributed by atoms with E-state index in [1.807, 2.05) is 6.08 Å². The molecule has 0 amide bonds. The van der Waals surface area contributed by atoms with Gasteiger partial charge in [0.1, 0.15) is 0 Å². The Kier molecular flexibility index (Phi) is 2.75. The van der Waals surface area contributed by atoms with Crippen LogP contribution in [0.1, 0.15) is 12.8 Å². The molecule has 54 valence electrons. The molecule has 1 rings (SSSR count). The van der Waals surface area contributed by atoms with Gasteiger partial charge in [0.25, 0.3) is 0 Å². The minimum absolute atomic E-state index is 1.05. The number of allylic oxidation sites excluding steroid dienone is 3. The SMILES string of the molecule is C=NC1=C(SC)CCC=C1. The van der Waals surface area contributed by atoms with E-state index in [0.29, 0.717) is 0 Å². The Morgan fingerprint density at radius 1 is 1.70 bits per heavy atom. The van der Waals surface area contributed by atoms with E-state index in [2.05, 4.69) is 24.0 Å². The first-order valence-electron chi connectivity index (χ1n) is 3.29. The Balaban J connectivity index is 2.83. The molecule has 0 aromatic carbocycles. The van der Waals surface area contributed by atoms with Crippen LogP contribution in [0.5, 0.6) is 0 Å². The van der Waals surface area contributed by atoms with E-state index >= 15 is 0 Å². The van der Waals surface area contributed by atoms with Crippen LogP contribution in [-0.2, 0) is 0 Å². The van der Waals surface area contributed by atoms with Gasteiger partial charge in [-0.3, -0.25) is 4.99 Å². The molecule has 0 radical (unpaired) electrons. The Labute approximate surface area is 65.9 Å². The first-order chi connectivity index (χ1) is 4.88. The first kappa shape index (κ1) is 7.61. The number of thioether (sulfide) groups is 1. The van der Waals surface area contributed by atoms with Crippen molar-refractivity contribution in [2.75, 3.05) is 6.26 Å². The molecule has 0 heterocycles. The third kappa shape index (κ3) is 1.51. The monoisotopic (exact) mass is 153 g/mol. The van der Waals surface area contributed by atoms with Gasteiger partial charge >= 0.3 is 0 Å². The molecular formula is C8H11NS. The van der Waals surface area contributed by atoms with Crippen LogP contribution in [0.3, 0.4) is 0 Å². The first-order valence-corrected chi connectivity index (χ1v) is 4.51. The lowest BCUT2D eigenvalue weighted by Gasteiger charge is -2.08. The molecule has 0 aromatic heterocycles. The number of hydrogen-bond acceptors (Lipinski definition) is 2.